The average molecular weight is 270 g/mol. The van der Waals surface area contributed by atoms with Gasteiger partial charge in [0.25, 0.3) is 5.91 Å². The zero-order valence-corrected chi connectivity index (χ0v) is 10.4. The van der Waals surface area contributed by atoms with Gasteiger partial charge in [0.15, 0.2) is 5.82 Å². The molecule has 1 atom stereocenters. The molecule has 0 spiro atoms. The van der Waals surface area contributed by atoms with Crippen LogP contribution in [0.15, 0.2) is 12.1 Å². The summed E-state index contributed by atoms with van der Waals surface area (Å²) < 4.78 is 32.0. The van der Waals surface area contributed by atoms with Crippen LogP contribution < -0.4 is 11.1 Å². The summed E-state index contributed by atoms with van der Waals surface area (Å²) in [6.45, 7) is 1.70. The van der Waals surface area contributed by atoms with Crippen LogP contribution in [0, 0.1) is 17.6 Å². The van der Waals surface area contributed by atoms with Gasteiger partial charge in [-0.3, -0.25) is 4.79 Å². The molecule has 0 aliphatic carbocycles. The van der Waals surface area contributed by atoms with Crippen molar-refractivity contribution >= 4 is 11.6 Å². The number of halogens is 2. The molecule has 1 aliphatic rings. The Kier molecular flexibility index (Phi) is 4.31. The average Bonchev–Trinajstić information content (AvgIpc) is 2.41. The zero-order chi connectivity index (χ0) is 13.8. The fourth-order valence-corrected chi connectivity index (χ4v) is 2.08. The van der Waals surface area contributed by atoms with E-state index in [0.717, 1.165) is 31.6 Å². The number of benzene rings is 1. The normalized spacial score (nSPS) is 19.2. The van der Waals surface area contributed by atoms with Crippen molar-refractivity contribution in [3.63, 3.8) is 0 Å². The number of anilines is 1. The molecule has 0 bridgehead atoms. The Bertz CT molecular complexity index is 474. The third-order valence-corrected chi connectivity index (χ3v) is 3.12. The molecule has 19 heavy (non-hydrogen) atoms. The fourth-order valence-electron chi connectivity index (χ4n) is 2.08. The second-order valence-electron chi connectivity index (χ2n) is 4.65. The van der Waals surface area contributed by atoms with Crippen molar-refractivity contribution in [2.75, 3.05) is 25.5 Å². The van der Waals surface area contributed by atoms with E-state index in [-0.39, 0.29) is 17.2 Å². The fraction of sp³-hybridized carbons (Fsp3) is 0.462. The molecule has 4 nitrogen and oxygen atoms in total. The molecule has 2 rings (SSSR count). The molecule has 1 aromatic rings. The first-order chi connectivity index (χ1) is 9.08. The lowest BCUT2D eigenvalue weighted by atomic mass is 10.0. The number of hydrogen-bond donors (Lipinski definition) is 2. The summed E-state index contributed by atoms with van der Waals surface area (Å²) in [6.07, 6.45) is 1.90. The van der Waals surface area contributed by atoms with E-state index in [9.17, 15) is 13.6 Å². The zero-order valence-electron chi connectivity index (χ0n) is 10.4. The van der Waals surface area contributed by atoms with Gasteiger partial charge in [-0.25, -0.2) is 8.78 Å². The Morgan fingerprint density at radius 1 is 1.47 bits per heavy atom. The van der Waals surface area contributed by atoms with Gasteiger partial charge in [0.2, 0.25) is 0 Å². The van der Waals surface area contributed by atoms with Gasteiger partial charge >= 0.3 is 0 Å². The highest BCUT2D eigenvalue weighted by molar-refractivity contribution is 5.95. The first-order valence-corrected chi connectivity index (χ1v) is 6.18. The third-order valence-electron chi connectivity index (χ3n) is 3.12. The van der Waals surface area contributed by atoms with Crippen molar-refractivity contribution < 1.29 is 18.3 Å². The minimum Gasteiger partial charge on any atom is -0.396 e. The van der Waals surface area contributed by atoms with Gasteiger partial charge in [0, 0.05) is 13.2 Å². The summed E-state index contributed by atoms with van der Waals surface area (Å²) in [4.78, 5) is 11.8. The minimum atomic E-state index is -0.890. The lowest BCUT2D eigenvalue weighted by Crippen LogP contribution is -2.33. The molecule has 1 heterocycles. The molecule has 1 aromatic carbocycles. The maximum absolute atomic E-state index is 13.6. The van der Waals surface area contributed by atoms with E-state index < -0.39 is 17.5 Å². The summed E-state index contributed by atoms with van der Waals surface area (Å²) in [5.74, 6) is -2.07. The van der Waals surface area contributed by atoms with E-state index in [1.807, 2.05) is 0 Å². The predicted octanol–water partition coefficient (Wildman–Crippen LogP) is 1.70. The van der Waals surface area contributed by atoms with Crippen molar-refractivity contribution in [1.82, 2.24) is 5.32 Å². The monoisotopic (exact) mass is 270 g/mol. The molecule has 1 saturated heterocycles. The maximum atomic E-state index is 13.6. The van der Waals surface area contributed by atoms with Gasteiger partial charge in [-0.05, 0) is 30.9 Å². The Balaban J connectivity index is 1.99. The van der Waals surface area contributed by atoms with E-state index >= 15 is 0 Å². The molecular formula is C13H16F2N2O2. The molecule has 0 saturated carbocycles. The van der Waals surface area contributed by atoms with Crippen molar-refractivity contribution in [2.24, 2.45) is 5.92 Å². The van der Waals surface area contributed by atoms with Gasteiger partial charge in [-0.1, -0.05) is 0 Å². The SMILES string of the molecule is Nc1cc(F)cc(C(=O)NCC2CCCOC2)c1F. The lowest BCUT2D eigenvalue weighted by Gasteiger charge is -2.22. The highest BCUT2D eigenvalue weighted by Crippen LogP contribution is 2.18. The van der Waals surface area contributed by atoms with Crippen LogP contribution in [0.1, 0.15) is 23.2 Å². The van der Waals surface area contributed by atoms with Crippen LogP contribution in [0.25, 0.3) is 0 Å². The molecule has 1 amide bonds. The van der Waals surface area contributed by atoms with Crippen LogP contribution in [0.5, 0.6) is 0 Å². The van der Waals surface area contributed by atoms with Crippen molar-refractivity contribution in [3.05, 3.63) is 29.3 Å². The summed E-state index contributed by atoms with van der Waals surface area (Å²) in [5.41, 5.74) is 4.55. The van der Waals surface area contributed by atoms with Crippen LogP contribution in [0.4, 0.5) is 14.5 Å². The van der Waals surface area contributed by atoms with Crippen molar-refractivity contribution in [2.45, 2.75) is 12.8 Å². The number of ether oxygens (including phenoxy) is 1. The Hall–Kier alpha value is -1.69. The van der Waals surface area contributed by atoms with Crippen LogP contribution in [-0.2, 0) is 4.74 Å². The number of carbonyl (C=O) groups excluding carboxylic acids is 1. The number of rotatable bonds is 3. The van der Waals surface area contributed by atoms with E-state index in [1.54, 1.807) is 0 Å². The number of nitrogen functional groups attached to an aromatic ring is 1. The molecule has 1 aliphatic heterocycles. The Morgan fingerprint density at radius 3 is 2.95 bits per heavy atom. The summed E-state index contributed by atoms with van der Waals surface area (Å²) in [6, 6.07) is 1.69. The summed E-state index contributed by atoms with van der Waals surface area (Å²) in [5, 5.41) is 2.58. The van der Waals surface area contributed by atoms with E-state index in [2.05, 4.69) is 5.32 Å². The second-order valence-corrected chi connectivity index (χ2v) is 4.65. The molecule has 6 heteroatoms. The molecule has 1 unspecified atom stereocenters. The van der Waals surface area contributed by atoms with Crippen LogP contribution >= 0.6 is 0 Å². The molecule has 1 fully saturated rings. The van der Waals surface area contributed by atoms with Crippen molar-refractivity contribution in [3.8, 4) is 0 Å². The maximum Gasteiger partial charge on any atom is 0.254 e. The third kappa shape index (κ3) is 3.41. The standard InChI is InChI=1S/C13H16F2N2O2/c14-9-4-10(12(15)11(16)5-9)13(18)17-6-8-2-1-3-19-7-8/h4-5,8H,1-3,6-7,16H2,(H,17,18). The molecular weight excluding hydrogens is 254 g/mol. The Morgan fingerprint density at radius 2 is 2.26 bits per heavy atom. The number of amides is 1. The van der Waals surface area contributed by atoms with Gasteiger partial charge in [-0.2, -0.15) is 0 Å². The van der Waals surface area contributed by atoms with Crippen LogP contribution in [-0.4, -0.2) is 25.7 Å². The first kappa shape index (κ1) is 13.7. The highest BCUT2D eigenvalue weighted by Gasteiger charge is 2.19. The lowest BCUT2D eigenvalue weighted by molar-refractivity contribution is 0.0536. The van der Waals surface area contributed by atoms with Crippen LogP contribution in [0.2, 0.25) is 0 Å². The summed E-state index contributed by atoms with van der Waals surface area (Å²) >= 11 is 0. The number of nitrogens with two attached hydrogens (primary N) is 1. The molecule has 0 aromatic heterocycles. The molecule has 0 radical (unpaired) electrons. The quantitative estimate of drug-likeness (QED) is 0.822. The highest BCUT2D eigenvalue weighted by atomic mass is 19.1. The largest absolute Gasteiger partial charge is 0.396 e. The van der Waals surface area contributed by atoms with Gasteiger partial charge in [-0.15, -0.1) is 0 Å². The number of carbonyl (C=O) groups is 1. The van der Waals surface area contributed by atoms with Gasteiger partial charge in [0.05, 0.1) is 17.9 Å². The molecule has 104 valence electrons. The number of nitrogens with one attached hydrogen (secondary N) is 1. The number of hydrogen-bond acceptors (Lipinski definition) is 3. The molecule has 3 N–H and O–H groups in total. The van der Waals surface area contributed by atoms with E-state index in [1.165, 1.54) is 0 Å². The Labute approximate surface area is 109 Å². The smallest absolute Gasteiger partial charge is 0.254 e. The second kappa shape index (κ2) is 5.97. The summed E-state index contributed by atoms with van der Waals surface area (Å²) in [7, 11) is 0. The van der Waals surface area contributed by atoms with E-state index in [0.29, 0.717) is 13.2 Å². The minimum absolute atomic E-state index is 0.215. The first-order valence-electron chi connectivity index (χ1n) is 6.18. The predicted molar refractivity (Wildman–Crippen MR) is 66.6 cm³/mol. The van der Waals surface area contributed by atoms with Gasteiger partial charge in [0.1, 0.15) is 5.82 Å². The topological polar surface area (TPSA) is 64.4 Å². The van der Waals surface area contributed by atoms with Crippen molar-refractivity contribution in [1.29, 1.82) is 0 Å². The van der Waals surface area contributed by atoms with Gasteiger partial charge < -0.3 is 15.8 Å². The van der Waals surface area contributed by atoms with E-state index in [4.69, 9.17) is 10.5 Å². The van der Waals surface area contributed by atoms with Crippen LogP contribution in [0.3, 0.4) is 0 Å².